The van der Waals surface area contributed by atoms with Crippen LogP contribution in [0.25, 0.3) is 0 Å². The summed E-state index contributed by atoms with van der Waals surface area (Å²) in [5, 5.41) is 0. The van der Waals surface area contributed by atoms with Gasteiger partial charge in [0.2, 0.25) is 5.75 Å². The predicted molar refractivity (Wildman–Crippen MR) is 76.4 cm³/mol. The zero-order valence-corrected chi connectivity index (χ0v) is 12.9. The van der Waals surface area contributed by atoms with E-state index in [2.05, 4.69) is 13.8 Å². The van der Waals surface area contributed by atoms with Gasteiger partial charge in [-0.1, -0.05) is 13.8 Å². The van der Waals surface area contributed by atoms with Gasteiger partial charge in [-0.3, -0.25) is 4.79 Å². The van der Waals surface area contributed by atoms with Gasteiger partial charge in [0.1, 0.15) is 6.10 Å². The van der Waals surface area contributed by atoms with Crippen LogP contribution in [0.15, 0.2) is 6.07 Å². The van der Waals surface area contributed by atoms with E-state index in [9.17, 15) is 4.79 Å². The van der Waals surface area contributed by atoms with E-state index in [1.54, 1.807) is 7.11 Å². The first-order valence-electron chi connectivity index (χ1n) is 7.07. The molecule has 3 rings (SSSR count). The molecule has 0 amide bonds. The lowest BCUT2D eigenvalue weighted by atomic mass is 9.90. The summed E-state index contributed by atoms with van der Waals surface area (Å²) < 4.78 is 22.1. The van der Waals surface area contributed by atoms with Crippen molar-refractivity contribution >= 4 is 5.78 Å². The fourth-order valence-electron chi connectivity index (χ4n) is 3.41. The van der Waals surface area contributed by atoms with E-state index >= 15 is 0 Å². The highest BCUT2D eigenvalue weighted by Crippen LogP contribution is 2.54. The van der Waals surface area contributed by atoms with Gasteiger partial charge in [0.25, 0.3) is 0 Å². The number of carbonyl (C=O) groups is 1. The molecule has 0 aliphatic carbocycles. The lowest BCUT2D eigenvalue weighted by molar-refractivity contribution is 0.0187. The van der Waals surface area contributed by atoms with E-state index in [-0.39, 0.29) is 23.7 Å². The molecule has 0 radical (unpaired) electrons. The highest BCUT2D eigenvalue weighted by molar-refractivity contribution is 6.06. The van der Waals surface area contributed by atoms with Crippen molar-refractivity contribution in [2.75, 3.05) is 21.3 Å². The molecule has 1 aromatic rings. The number of rotatable bonds is 3. The molecule has 2 aliphatic rings. The van der Waals surface area contributed by atoms with Crippen LogP contribution in [0.1, 0.15) is 35.9 Å². The molecule has 114 valence electrons. The monoisotopic (exact) mass is 292 g/mol. The average Bonchev–Trinajstić information content (AvgIpc) is 2.77. The van der Waals surface area contributed by atoms with Crippen molar-refractivity contribution in [3.63, 3.8) is 0 Å². The number of ketones is 1. The van der Waals surface area contributed by atoms with E-state index in [0.717, 1.165) is 5.56 Å². The lowest BCUT2D eigenvalue weighted by Crippen LogP contribution is -2.30. The van der Waals surface area contributed by atoms with Gasteiger partial charge < -0.3 is 18.9 Å². The van der Waals surface area contributed by atoms with Crippen molar-refractivity contribution in [2.45, 2.75) is 26.1 Å². The van der Waals surface area contributed by atoms with Gasteiger partial charge in [-0.05, 0) is 23.5 Å². The zero-order valence-electron chi connectivity index (χ0n) is 12.9. The molecule has 0 N–H and O–H groups in total. The maximum atomic E-state index is 12.8. The lowest BCUT2D eigenvalue weighted by Gasteiger charge is -2.27. The highest BCUT2D eigenvalue weighted by Gasteiger charge is 2.51. The third-order valence-corrected chi connectivity index (χ3v) is 4.75. The number of carbonyl (C=O) groups excluding carboxylic acids is 1. The van der Waals surface area contributed by atoms with Crippen molar-refractivity contribution < 1.29 is 23.7 Å². The van der Waals surface area contributed by atoms with Crippen LogP contribution in [0.2, 0.25) is 0 Å². The second-order valence-electron chi connectivity index (χ2n) is 5.67. The molecule has 4 atom stereocenters. The second-order valence-corrected chi connectivity index (χ2v) is 5.67. The number of Topliss-reactive ketones (excluding diaryl/α,β-unsaturated/α-hetero) is 1. The summed E-state index contributed by atoms with van der Waals surface area (Å²) in [6.45, 7) is 4.17. The Labute approximate surface area is 124 Å². The molecule has 5 nitrogen and oxygen atoms in total. The Morgan fingerprint density at radius 3 is 2.14 bits per heavy atom. The smallest absolute Gasteiger partial charge is 0.204 e. The molecule has 0 saturated carbocycles. The summed E-state index contributed by atoms with van der Waals surface area (Å²) in [5.74, 6) is 1.86. The average molecular weight is 292 g/mol. The summed E-state index contributed by atoms with van der Waals surface area (Å²) in [4.78, 5) is 12.8. The molecular weight excluding hydrogens is 272 g/mol. The standard InChI is InChI=1S/C16H20O5/c1-7-8(2)14-12(17)11-9(13(7)21-14)6-10(18-3)15(19-4)16(11)20-5/h6-8,13-14H,1-5H3/t7-,8+,13-,14+/m1/s1. The molecule has 2 aliphatic heterocycles. The van der Waals surface area contributed by atoms with Crippen molar-refractivity contribution in [1.82, 2.24) is 0 Å². The summed E-state index contributed by atoms with van der Waals surface area (Å²) >= 11 is 0. The molecule has 2 heterocycles. The van der Waals surface area contributed by atoms with Gasteiger partial charge in [0.05, 0.1) is 33.0 Å². The molecule has 0 unspecified atom stereocenters. The topological polar surface area (TPSA) is 54.0 Å². The van der Waals surface area contributed by atoms with Crippen molar-refractivity contribution in [1.29, 1.82) is 0 Å². The highest BCUT2D eigenvalue weighted by atomic mass is 16.5. The van der Waals surface area contributed by atoms with Crippen molar-refractivity contribution in [2.24, 2.45) is 11.8 Å². The van der Waals surface area contributed by atoms with Crippen LogP contribution in [-0.4, -0.2) is 33.2 Å². The molecule has 0 aromatic heterocycles. The first-order chi connectivity index (χ1) is 10.0. The summed E-state index contributed by atoms with van der Waals surface area (Å²) in [6, 6.07) is 1.84. The molecule has 2 bridgehead atoms. The first-order valence-corrected chi connectivity index (χ1v) is 7.07. The normalized spacial score (nSPS) is 30.0. The van der Waals surface area contributed by atoms with Crippen LogP contribution in [0.3, 0.4) is 0 Å². The number of methoxy groups -OCH3 is 3. The van der Waals surface area contributed by atoms with Crippen LogP contribution in [0, 0.1) is 11.8 Å². The molecule has 21 heavy (non-hydrogen) atoms. The molecule has 0 spiro atoms. The van der Waals surface area contributed by atoms with Gasteiger partial charge in [0.15, 0.2) is 17.3 Å². The minimum atomic E-state index is -0.399. The fraction of sp³-hybridized carbons (Fsp3) is 0.562. The van der Waals surface area contributed by atoms with Crippen LogP contribution in [0.4, 0.5) is 0 Å². The number of fused-ring (bicyclic) bond motifs is 4. The molecule has 1 aromatic carbocycles. The Balaban J connectivity index is 2.28. The van der Waals surface area contributed by atoms with Gasteiger partial charge in [-0.25, -0.2) is 0 Å². The van der Waals surface area contributed by atoms with E-state index in [1.165, 1.54) is 14.2 Å². The van der Waals surface area contributed by atoms with Crippen LogP contribution < -0.4 is 14.2 Å². The minimum Gasteiger partial charge on any atom is -0.493 e. The Bertz CT molecular complexity index is 595. The Morgan fingerprint density at radius 2 is 1.57 bits per heavy atom. The number of hydrogen-bond acceptors (Lipinski definition) is 5. The first kappa shape index (κ1) is 14.2. The predicted octanol–water partition coefficient (Wildman–Crippen LogP) is 2.62. The molecule has 1 fully saturated rings. The molecule has 5 heteroatoms. The number of hydrogen-bond donors (Lipinski definition) is 0. The maximum absolute atomic E-state index is 12.8. The van der Waals surface area contributed by atoms with E-state index in [4.69, 9.17) is 18.9 Å². The van der Waals surface area contributed by atoms with Crippen LogP contribution >= 0.6 is 0 Å². The van der Waals surface area contributed by atoms with E-state index < -0.39 is 6.10 Å². The molecule has 1 saturated heterocycles. The summed E-state index contributed by atoms with van der Waals surface area (Å²) in [5.41, 5.74) is 1.41. The Hall–Kier alpha value is -1.75. The third-order valence-electron chi connectivity index (χ3n) is 4.75. The van der Waals surface area contributed by atoms with Gasteiger partial charge in [-0.2, -0.15) is 0 Å². The summed E-state index contributed by atoms with van der Waals surface area (Å²) in [6.07, 6.45) is -0.504. The zero-order chi connectivity index (χ0) is 15.3. The van der Waals surface area contributed by atoms with Crippen molar-refractivity contribution in [3.8, 4) is 17.2 Å². The second kappa shape index (κ2) is 4.91. The van der Waals surface area contributed by atoms with Crippen molar-refractivity contribution in [3.05, 3.63) is 17.2 Å². The minimum absolute atomic E-state index is 0.0316. The number of ether oxygens (including phenoxy) is 4. The Kier molecular flexibility index (Phi) is 3.32. The largest absolute Gasteiger partial charge is 0.493 e. The molecular formula is C16H20O5. The van der Waals surface area contributed by atoms with Gasteiger partial charge in [0, 0.05) is 0 Å². The Morgan fingerprint density at radius 1 is 0.952 bits per heavy atom. The van der Waals surface area contributed by atoms with E-state index in [1.807, 2.05) is 6.07 Å². The van der Waals surface area contributed by atoms with Gasteiger partial charge >= 0.3 is 0 Å². The van der Waals surface area contributed by atoms with Crippen LogP contribution in [0.5, 0.6) is 17.2 Å². The van der Waals surface area contributed by atoms with E-state index in [0.29, 0.717) is 22.8 Å². The fourth-order valence-corrected chi connectivity index (χ4v) is 3.41. The SMILES string of the molecule is COc1cc2c(c(OC)c1OC)C(=O)[C@H]1O[C@@H]2[C@H](C)[C@@H]1C. The van der Waals surface area contributed by atoms with Gasteiger partial charge in [-0.15, -0.1) is 0 Å². The van der Waals surface area contributed by atoms with Crippen LogP contribution in [-0.2, 0) is 4.74 Å². The summed E-state index contributed by atoms with van der Waals surface area (Å²) in [7, 11) is 4.64. The maximum Gasteiger partial charge on any atom is 0.204 e. The quantitative estimate of drug-likeness (QED) is 0.857. The number of benzene rings is 1. The third kappa shape index (κ3) is 1.77.